The number of benzene rings is 1. The number of hydrogen-bond acceptors (Lipinski definition) is 6. The number of amides is 3. The number of nitrogens with zero attached hydrogens (tertiary/aromatic N) is 1. The molecule has 2 fully saturated rings. The first-order valence-corrected chi connectivity index (χ1v) is 11.9. The van der Waals surface area contributed by atoms with Crippen LogP contribution in [0.15, 0.2) is 24.3 Å². The molecular weight excluding hydrogens is 404 g/mol. The number of ether oxygens (including phenoxy) is 2. The first-order valence-electron chi connectivity index (χ1n) is 10.5. The maximum absolute atomic E-state index is 12.9. The highest BCUT2D eigenvalue weighted by Crippen LogP contribution is 2.39. The van der Waals surface area contributed by atoms with Gasteiger partial charge in [-0.05, 0) is 43.4 Å². The third kappa shape index (κ3) is 5.09. The van der Waals surface area contributed by atoms with E-state index in [9.17, 15) is 14.4 Å². The van der Waals surface area contributed by atoms with E-state index in [0.29, 0.717) is 23.7 Å². The zero-order valence-corrected chi connectivity index (χ0v) is 18.4. The molecule has 30 heavy (non-hydrogen) atoms. The zero-order chi connectivity index (χ0) is 21.5. The van der Waals surface area contributed by atoms with E-state index in [1.54, 1.807) is 24.9 Å². The Kier molecular flexibility index (Phi) is 8.01. The quantitative estimate of drug-likeness (QED) is 0.450. The molecule has 1 aliphatic carbocycles. The highest BCUT2D eigenvalue weighted by molar-refractivity contribution is 7.98. The van der Waals surface area contributed by atoms with E-state index in [1.165, 1.54) is 4.90 Å². The topological polar surface area (TPSA) is 84.9 Å². The second-order valence-electron chi connectivity index (χ2n) is 7.66. The molecule has 3 rings (SSSR count). The van der Waals surface area contributed by atoms with Crippen LogP contribution < -0.4 is 14.8 Å². The molecule has 0 radical (unpaired) electrons. The van der Waals surface area contributed by atoms with E-state index in [4.69, 9.17) is 9.47 Å². The summed E-state index contributed by atoms with van der Waals surface area (Å²) in [4.78, 5) is 40.0. The van der Waals surface area contributed by atoms with Gasteiger partial charge in [0.05, 0.1) is 25.5 Å². The maximum atomic E-state index is 12.9. The van der Waals surface area contributed by atoms with Gasteiger partial charge in [-0.15, -0.1) is 0 Å². The zero-order valence-electron chi connectivity index (χ0n) is 17.6. The molecule has 0 bridgehead atoms. The number of carbonyl (C=O) groups is 3. The van der Waals surface area contributed by atoms with Crippen LogP contribution in [0.2, 0.25) is 0 Å². The van der Waals surface area contributed by atoms with Gasteiger partial charge in [0.15, 0.2) is 0 Å². The van der Waals surface area contributed by atoms with Crippen molar-refractivity contribution in [2.45, 2.75) is 38.1 Å². The van der Waals surface area contributed by atoms with Crippen LogP contribution in [-0.2, 0) is 14.4 Å². The van der Waals surface area contributed by atoms with E-state index < -0.39 is 6.04 Å². The summed E-state index contributed by atoms with van der Waals surface area (Å²) in [6.07, 6.45) is 5.84. The maximum Gasteiger partial charge on any atom is 0.243 e. The molecule has 3 unspecified atom stereocenters. The Morgan fingerprint density at radius 3 is 2.50 bits per heavy atom. The molecule has 1 heterocycles. The lowest BCUT2D eigenvalue weighted by atomic mass is 9.81. The number of fused-ring (bicyclic) bond motifs is 1. The molecule has 1 N–H and O–H groups in total. The van der Waals surface area contributed by atoms with Gasteiger partial charge in [-0.3, -0.25) is 19.3 Å². The van der Waals surface area contributed by atoms with Crippen LogP contribution in [-0.4, -0.2) is 60.9 Å². The SMILES string of the molecule is COc1cccc(OCCNC(=O)C(CCSC)N2C(=O)C3CCCCC3C2=O)c1. The minimum atomic E-state index is -0.750. The fraction of sp³-hybridized carbons (Fsp3) is 0.591. The Balaban J connectivity index is 1.58. The van der Waals surface area contributed by atoms with Gasteiger partial charge in [-0.2, -0.15) is 11.8 Å². The summed E-state index contributed by atoms with van der Waals surface area (Å²) in [5, 5.41) is 2.84. The average Bonchev–Trinajstić information content (AvgIpc) is 3.02. The van der Waals surface area contributed by atoms with Crippen molar-refractivity contribution in [2.24, 2.45) is 11.8 Å². The number of likely N-dealkylation sites (tertiary alicyclic amines) is 1. The lowest BCUT2D eigenvalue weighted by Crippen LogP contribution is -2.51. The van der Waals surface area contributed by atoms with Crippen LogP contribution in [0.25, 0.3) is 0 Å². The molecule has 3 atom stereocenters. The fourth-order valence-corrected chi connectivity index (χ4v) is 4.71. The Morgan fingerprint density at radius 2 is 1.87 bits per heavy atom. The Hall–Kier alpha value is -2.22. The molecule has 0 aromatic heterocycles. The Labute approximate surface area is 181 Å². The van der Waals surface area contributed by atoms with Crippen molar-refractivity contribution < 1.29 is 23.9 Å². The minimum absolute atomic E-state index is 0.168. The highest BCUT2D eigenvalue weighted by Gasteiger charge is 2.51. The van der Waals surface area contributed by atoms with Gasteiger partial charge in [0.25, 0.3) is 0 Å². The molecular formula is C22H30N2O5S. The van der Waals surface area contributed by atoms with Crippen molar-refractivity contribution in [3.8, 4) is 11.5 Å². The molecule has 2 aliphatic rings. The van der Waals surface area contributed by atoms with Crippen molar-refractivity contribution in [3.63, 3.8) is 0 Å². The first kappa shape index (κ1) is 22.5. The average molecular weight is 435 g/mol. The second kappa shape index (κ2) is 10.7. The van der Waals surface area contributed by atoms with Crippen LogP contribution in [0.3, 0.4) is 0 Å². The second-order valence-corrected chi connectivity index (χ2v) is 8.65. The van der Waals surface area contributed by atoms with Crippen LogP contribution in [0.5, 0.6) is 11.5 Å². The van der Waals surface area contributed by atoms with Gasteiger partial charge < -0.3 is 14.8 Å². The van der Waals surface area contributed by atoms with E-state index in [-0.39, 0.29) is 42.7 Å². The molecule has 1 saturated carbocycles. The van der Waals surface area contributed by atoms with Crippen molar-refractivity contribution in [3.05, 3.63) is 24.3 Å². The van der Waals surface area contributed by atoms with Gasteiger partial charge in [0, 0.05) is 6.07 Å². The molecule has 3 amide bonds. The summed E-state index contributed by atoms with van der Waals surface area (Å²) >= 11 is 1.60. The smallest absolute Gasteiger partial charge is 0.243 e. The summed E-state index contributed by atoms with van der Waals surface area (Å²) in [5.74, 6) is 0.929. The van der Waals surface area contributed by atoms with Gasteiger partial charge in [0.1, 0.15) is 24.1 Å². The Bertz CT molecular complexity index is 748. The largest absolute Gasteiger partial charge is 0.497 e. The summed E-state index contributed by atoms with van der Waals surface area (Å²) in [6, 6.07) is 6.49. The predicted molar refractivity (Wildman–Crippen MR) is 116 cm³/mol. The molecule has 0 spiro atoms. The standard InChI is InChI=1S/C22H30N2O5S/c1-28-15-6-5-7-16(14-15)29-12-11-23-20(25)19(10-13-30-2)24-21(26)17-8-3-4-9-18(17)22(24)27/h5-7,14,17-19H,3-4,8-13H2,1-2H3,(H,23,25). The van der Waals surface area contributed by atoms with E-state index >= 15 is 0 Å². The molecule has 7 nitrogen and oxygen atoms in total. The van der Waals surface area contributed by atoms with E-state index in [2.05, 4.69) is 5.32 Å². The van der Waals surface area contributed by atoms with Gasteiger partial charge >= 0.3 is 0 Å². The molecule has 1 aliphatic heterocycles. The summed E-state index contributed by atoms with van der Waals surface area (Å²) in [6.45, 7) is 0.566. The number of rotatable bonds is 10. The molecule has 1 aromatic rings. The number of thioether (sulfide) groups is 1. The van der Waals surface area contributed by atoms with Gasteiger partial charge in [-0.25, -0.2) is 0 Å². The minimum Gasteiger partial charge on any atom is -0.497 e. The summed E-state index contributed by atoms with van der Waals surface area (Å²) in [7, 11) is 1.59. The number of nitrogens with one attached hydrogen (secondary N) is 1. The van der Waals surface area contributed by atoms with Gasteiger partial charge in [-0.1, -0.05) is 18.9 Å². The van der Waals surface area contributed by atoms with Crippen LogP contribution in [0.1, 0.15) is 32.1 Å². The molecule has 1 saturated heterocycles. The third-order valence-electron chi connectivity index (χ3n) is 5.80. The first-order chi connectivity index (χ1) is 14.6. The monoisotopic (exact) mass is 434 g/mol. The fourth-order valence-electron chi connectivity index (χ4n) is 4.25. The lowest BCUT2D eigenvalue weighted by molar-refractivity contribution is -0.148. The summed E-state index contributed by atoms with van der Waals surface area (Å²) in [5.41, 5.74) is 0. The molecule has 164 valence electrons. The van der Waals surface area contributed by atoms with E-state index in [0.717, 1.165) is 25.7 Å². The molecule has 8 heteroatoms. The van der Waals surface area contributed by atoms with Crippen LogP contribution >= 0.6 is 11.8 Å². The normalized spacial score (nSPS) is 21.9. The summed E-state index contributed by atoms with van der Waals surface area (Å²) < 4.78 is 10.8. The van der Waals surface area contributed by atoms with Crippen molar-refractivity contribution in [1.29, 1.82) is 0 Å². The van der Waals surface area contributed by atoms with Crippen molar-refractivity contribution >= 4 is 29.5 Å². The van der Waals surface area contributed by atoms with E-state index in [1.807, 2.05) is 24.5 Å². The number of imide groups is 1. The number of hydrogen-bond donors (Lipinski definition) is 1. The lowest BCUT2D eigenvalue weighted by Gasteiger charge is -2.25. The number of carbonyl (C=O) groups excluding carboxylic acids is 3. The molecule has 1 aromatic carbocycles. The van der Waals surface area contributed by atoms with Crippen molar-refractivity contribution in [1.82, 2.24) is 10.2 Å². The Morgan fingerprint density at radius 1 is 1.20 bits per heavy atom. The van der Waals surface area contributed by atoms with Crippen LogP contribution in [0.4, 0.5) is 0 Å². The third-order valence-corrected chi connectivity index (χ3v) is 6.44. The predicted octanol–water partition coefficient (Wildman–Crippen LogP) is 2.49. The number of methoxy groups -OCH3 is 1. The van der Waals surface area contributed by atoms with Crippen LogP contribution in [0, 0.1) is 11.8 Å². The van der Waals surface area contributed by atoms with Crippen molar-refractivity contribution in [2.75, 3.05) is 32.3 Å². The highest BCUT2D eigenvalue weighted by atomic mass is 32.2. The van der Waals surface area contributed by atoms with Gasteiger partial charge in [0.2, 0.25) is 17.7 Å².